The lowest BCUT2D eigenvalue weighted by molar-refractivity contribution is 0.377. The van der Waals surface area contributed by atoms with Crippen LogP contribution in [0.25, 0.3) is 0 Å². The van der Waals surface area contributed by atoms with Crippen molar-refractivity contribution >= 4 is 0 Å². The highest BCUT2D eigenvalue weighted by Gasteiger charge is 2.30. The quantitative estimate of drug-likeness (QED) is 0.830. The maximum atomic E-state index is 4.63. The Morgan fingerprint density at radius 2 is 2.22 bits per heavy atom. The lowest BCUT2D eigenvalue weighted by atomic mass is 9.91. The first-order chi connectivity index (χ1) is 8.72. The predicted octanol–water partition coefficient (Wildman–Crippen LogP) is 3.53. The van der Waals surface area contributed by atoms with Crippen molar-refractivity contribution < 1.29 is 0 Å². The van der Waals surface area contributed by atoms with Gasteiger partial charge in [-0.05, 0) is 49.8 Å². The van der Waals surface area contributed by atoms with Crippen LogP contribution in [0.1, 0.15) is 57.2 Å². The summed E-state index contributed by atoms with van der Waals surface area (Å²) in [7, 11) is 0. The van der Waals surface area contributed by atoms with Gasteiger partial charge < -0.3 is 5.32 Å². The first-order valence-electron chi connectivity index (χ1n) is 7.39. The van der Waals surface area contributed by atoms with Gasteiger partial charge in [-0.25, -0.2) is 0 Å². The van der Waals surface area contributed by atoms with Crippen LogP contribution in [0.15, 0.2) is 18.3 Å². The molecule has 1 aromatic heterocycles. The number of aromatic nitrogens is 1. The van der Waals surface area contributed by atoms with Gasteiger partial charge in [0.25, 0.3) is 0 Å². The summed E-state index contributed by atoms with van der Waals surface area (Å²) < 4.78 is 0. The van der Waals surface area contributed by atoms with E-state index in [0.29, 0.717) is 12.0 Å². The fraction of sp³-hybridized carbons (Fsp3) is 0.688. The highest BCUT2D eigenvalue weighted by molar-refractivity contribution is 5.29. The van der Waals surface area contributed by atoms with Crippen LogP contribution < -0.4 is 5.32 Å². The number of nitrogens with zero attached hydrogens (tertiary/aromatic N) is 1. The van der Waals surface area contributed by atoms with E-state index in [1.807, 2.05) is 6.20 Å². The Labute approximate surface area is 111 Å². The van der Waals surface area contributed by atoms with Crippen LogP contribution in [0.4, 0.5) is 0 Å². The van der Waals surface area contributed by atoms with Gasteiger partial charge in [-0.2, -0.15) is 0 Å². The van der Waals surface area contributed by atoms with Crippen LogP contribution in [0.3, 0.4) is 0 Å². The molecule has 0 amide bonds. The first-order valence-corrected chi connectivity index (χ1v) is 7.39. The topological polar surface area (TPSA) is 24.9 Å². The lowest BCUT2D eigenvalue weighted by Crippen LogP contribution is -2.34. The summed E-state index contributed by atoms with van der Waals surface area (Å²) in [5.41, 5.74) is 2.82. The number of hydrogen-bond acceptors (Lipinski definition) is 2. The largest absolute Gasteiger partial charge is 0.314 e. The van der Waals surface area contributed by atoms with E-state index < -0.39 is 0 Å². The molecule has 1 aliphatic rings. The Morgan fingerprint density at radius 1 is 1.39 bits per heavy atom. The number of fused-ring (bicyclic) bond motifs is 1. The normalized spacial score (nSPS) is 20.1. The summed E-state index contributed by atoms with van der Waals surface area (Å²) >= 11 is 0. The first kappa shape index (κ1) is 13.5. The molecule has 2 heteroatoms. The van der Waals surface area contributed by atoms with Crippen LogP contribution in [0.2, 0.25) is 0 Å². The van der Waals surface area contributed by atoms with Crippen molar-refractivity contribution in [3.63, 3.8) is 0 Å². The van der Waals surface area contributed by atoms with E-state index in [9.17, 15) is 0 Å². The zero-order valence-electron chi connectivity index (χ0n) is 11.9. The Bertz CT molecular complexity index is 373. The minimum Gasteiger partial charge on any atom is -0.314 e. The zero-order valence-corrected chi connectivity index (χ0v) is 11.9. The molecule has 1 aromatic rings. The SMILES string of the molecule is CCNC(CCC(C)C)C1CCc2cccnc21. The van der Waals surface area contributed by atoms with Crippen LogP contribution in [-0.4, -0.2) is 17.6 Å². The fourth-order valence-electron chi connectivity index (χ4n) is 3.06. The molecule has 1 N–H and O–H groups in total. The van der Waals surface area contributed by atoms with Crippen LogP contribution in [-0.2, 0) is 6.42 Å². The Hall–Kier alpha value is -0.890. The highest BCUT2D eigenvalue weighted by Crippen LogP contribution is 2.35. The van der Waals surface area contributed by atoms with Crippen molar-refractivity contribution in [1.82, 2.24) is 10.3 Å². The third-order valence-electron chi connectivity index (χ3n) is 4.01. The summed E-state index contributed by atoms with van der Waals surface area (Å²) in [6.07, 6.45) is 6.99. The molecule has 0 spiro atoms. The van der Waals surface area contributed by atoms with Gasteiger partial charge in [-0.3, -0.25) is 4.98 Å². The number of aryl methyl sites for hydroxylation is 1. The van der Waals surface area contributed by atoms with Gasteiger partial charge in [0, 0.05) is 23.9 Å². The van der Waals surface area contributed by atoms with E-state index in [2.05, 4.69) is 43.2 Å². The second-order valence-electron chi connectivity index (χ2n) is 5.83. The Morgan fingerprint density at radius 3 is 2.94 bits per heavy atom. The van der Waals surface area contributed by atoms with E-state index in [-0.39, 0.29) is 0 Å². The molecule has 2 rings (SSSR count). The molecule has 1 heterocycles. The number of hydrogen-bond donors (Lipinski definition) is 1. The van der Waals surface area contributed by atoms with Crippen molar-refractivity contribution in [3.05, 3.63) is 29.6 Å². The smallest absolute Gasteiger partial charge is 0.0482 e. The average Bonchev–Trinajstić information content (AvgIpc) is 2.78. The maximum absolute atomic E-state index is 4.63. The molecule has 0 aliphatic heterocycles. The van der Waals surface area contributed by atoms with Crippen molar-refractivity contribution in [2.45, 2.75) is 58.4 Å². The van der Waals surface area contributed by atoms with Crippen LogP contribution in [0.5, 0.6) is 0 Å². The minimum atomic E-state index is 0.605. The number of likely N-dealkylation sites (N-methyl/N-ethyl adjacent to an activating group) is 1. The molecule has 2 nitrogen and oxygen atoms in total. The van der Waals surface area contributed by atoms with Gasteiger partial charge in [-0.1, -0.05) is 26.8 Å². The second kappa shape index (κ2) is 6.33. The summed E-state index contributed by atoms with van der Waals surface area (Å²) in [5.74, 6) is 1.41. The molecular weight excluding hydrogens is 220 g/mol. The molecule has 0 radical (unpaired) electrons. The van der Waals surface area contributed by atoms with Gasteiger partial charge in [0.15, 0.2) is 0 Å². The molecule has 18 heavy (non-hydrogen) atoms. The standard InChI is InChI=1S/C16H26N2/c1-4-17-15(10-7-12(2)3)14-9-8-13-6-5-11-18-16(13)14/h5-6,11-12,14-15,17H,4,7-10H2,1-3H3. The van der Waals surface area contributed by atoms with Gasteiger partial charge in [0.05, 0.1) is 0 Å². The molecule has 1 aliphatic carbocycles. The van der Waals surface area contributed by atoms with E-state index in [0.717, 1.165) is 12.5 Å². The van der Waals surface area contributed by atoms with Gasteiger partial charge in [0.1, 0.15) is 0 Å². The summed E-state index contributed by atoms with van der Waals surface area (Å²) in [6.45, 7) is 7.88. The number of pyridine rings is 1. The van der Waals surface area contributed by atoms with Crippen molar-refractivity contribution in [1.29, 1.82) is 0 Å². The average molecular weight is 246 g/mol. The van der Waals surface area contributed by atoms with Crippen molar-refractivity contribution in [2.75, 3.05) is 6.54 Å². The zero-order chi connectivity index (χ0) is 13.0. The second-order valence-corrected chi connectivity index (χ2v) is 5.83. The van der Waals surface area contributed by atoms with E-state index >= 15 is 0 Å². The molecule has 2 unspecified atom stereocenters. The fourth-order valence-corrected chi connectivity index (χ4v) is 3.06. The third kappa shape index (κ3) is 3.11. The lowest BCUT2D eigenvalue weighted by Gasteiger charge is -2.25. The summed E-state index contributed by atoms with van der Waals surface area (Å²) in [6, 6.07) is 4.92. The Kier molecular flexibility index (Phi) is 4.76. The number of nitrogens with one attached hydrogen (secondary N) is 1. The maximum Gasteiger partial charge on any atom is 0.0482 e. The molecule has 0 aromatic carbocycles. The molecule has 2 atom stereocenters. The van der Waals surface area contributed by atoms with Gasteiger partial charge >= 0.3 is 0 Å². The monoisotopic (exact) mass is 246 g/mol. The van der Waals surface area contributed by atoms with Gasteiger partial charge in [0.2, 0.25) is 0 Å². The van der Waals surface area contributed by atoms with Crippen LogP contribution >= 0.6 is 0 Å². The summed E-state index contributed by atoms with van der Waals surface area (Å²) in [4.78, 5) is 4.63. The van der Waals surface area contributed by atoms with E-state index in [1.165, 1.54) is 36.9 Å². The van der Waals surface area contributed by atoms with E-state index in [1.54, 1.807) is 0 Å². The summed E-state index contributed by atoms with van der Waals surface area (Å²) in [5, 5.41) is 3.68. The van der Waals surface area contributed by atoms with Crippen molar-refractivity contribution in [3.8, 4) is 0 Å². The predicted molar refractivity (Wildman–Crippen MR) is 76.8 cm³/mol. The molecule has 0 bridgehead atoms. The Balaban J connectivity index is 2.07. The van der Waals surface area contributed by atoms with Crippen LogP contribution in [0, 0.1) is 5.92 Å². The minimum absolute atomic E-state index is 0.605. The molecule has 100 valence electrons. The molecule has 0 saturated carbocycles. The highest BCUT2D eigenvalue weighted by atomic mass is 14.9. The van der Waals surface area contributed by atoms with Gasteiger partial charge in [-0.15, -0.1) is 0 Å². The van der Waals surface area contributed by atoms with Crippen molar-refractivity contribution in [2.24, 2.45) is 5.92 Å². The molecule has 0 saturated heterocycles. The van der Waals surface area contributed by atoms with E-state index in [4.69, 9.17) is 0 Å². The number of rotatable bonds is 6. The molecular formula is C16H26N2. The third-order valence-corrected chi connectivity index (χ3v) is 4.01. The molecule has 0 fully saturated rings.